The fourth-order valence-corrected chi connectivity index (χ4v) is 2.52. The Kier molecular flexibility index (Phi) is 6.34. The third-order valence-electron chi connectivity index (χ3n) is 3.80. The molecule has 0 aliphatic heterocycles. The highest BCUT2D eigenvalue weighted by Crippen LogP contribution is 2.22. The van der Waals surface area contributed by atoms with Gasteiger partial charge in [0.25, 0.3) is 5.91 Å². The van der Waals surface area contributed by atoms with Gasteiger partial charge in [0, 0.05) is 18.7 Å². The minimum atomic E-state index is -0.148. The molecule has 0 unspecified atom stereocenters. The van der Waals surface area contributed by atoms with Crippen molar-refractivity contribution in [3.8, 4) is 6.07 Å². The second kappa shape index (κ2) is 8.72. The predicted octanol–water partition coefficient (Wildman–Crippen LogP) is 2.84. The van der Waals surface area contributed by atoms with Crippen molar-refractivity contribution in [2.75, 3.05) is 13.2 Å². The van der Waals surface area contributed by atoms with Crippen LogP contribution in [0.25, 0.3) is 0 Å². The Hall–Kier alpha value is -2.64. The van der Waals surface area contributed by atoms with Gasteiger partial charge in [0.05, 0.1) is 11.6 Å². The van der Waals surface area contributed by atoms with Crippen molar-refractivity contribution >= 4 is 5.91 Å². The van der Waals surface area contributed by atoms with Crippen molar-refractivity contribution in [2.45, 2.75) is 18.8 Å². The molecule has 0 radical (unpaired) electrons. The second-order valence-electron chi connectivity index (χ2n) is 5.35. The van der Waals surface area contributed by atoms with Crippen LogP contribution in [-0.4, -0.2) is 24.2 Å². The van der Waals surface area contributed by atoms with Gasteiger partial charge in [-0.15, -0.1) is 0 Å². The first-order valence-corrected chi connectivity index (χ1v) is 7.68. The molecule has 118 valence electrons. The zero-order chi connectivity index (χ0) is 16.5. The highest BCUT2D eigenvalue weighted by molar-refractivity contribution is 5.94. The summed E-state index contributed by atoms with van der Waals surface area (Å²) in [5.74, 6) is 0.0766. The van der Waals surface area contributed by atoms with E-state index in [0.29, 0.717) is 24.1 Å². The molecule has 0 spiro atoms. The van der Waals surface area contributed by atoms with Crippen LogP contribution >= 0.6 is 0 Å². The molecule has 0 saturated carbocycles. The van der Waals surface area contributed by atoms with E-state index in [-0.39, 0.29) is 18.4 Å². The van der Waals surface area contributed by atoms with Crippen LogP contribution in [0.5, 0.6) is 0 Å². The molecule has 0 aromatic heterocycles. The van der Waals surface area contributed by atoms with Crippen LogP contribution in [0.1, 0.15) is 40.2 Å². The van der Waals surface area contributed by atoms with Gasteiger partial charge in [-0.25, -0.2) is 0 Å². The van der Waals surface area contributed by atoms with Crippen molar-refractivity contribution in [1.82, 2.24) is 5.32 Å². The second-order valence-corrected chi connectivity index (χ2v) is 5.35. The van der Waals surface area contributed by atoms with Crippen LogP contribution < -0.4 is 5.32 Å². The minimum Gasteiger partial charge on any atom is -0.396 e. The third-order valence-corrected chi connectivity index (χ3v) is 3.80. The summed E-state index contributed by atoms with van der Waals surface area (Å²) in [6, 6.07) is 18.6. The molecule has 2 rings (SSSR count). The van der Waals surface area contributed by atoms with Crippen LogP contribution in [-0.2, 0) is 0 Å². The number of hydrogen-bond acceptors (Lipinski definition) is 3. The molecule has 4 heteroatoms. The maximum absolute atomic E-state index is 12.1. The topological polar surface area (TPSA) is 73.1 Å². The Bertz CT molecular complexity index is 660. The standard InChI is InChI=1S/C19H20N2O2/c20-14-15-6-8-18(9-7-15)19(23)21-12-10-17(11-13-22)16-4-2-1-3-5-16/h1-9,17,22H,10-13H2,(H,21,23)/t17-/m0/s1. The van der Waals surface area contributed by atoms with Crippen molar-refractivity contribution in [3.63, 3.8) is 0 Å². The van der Waals surface area contributed by atoms with Crippen LogP contribution in [0.15, 0.2) is 54.6 Å². The van der Waals surface area contributed by atoms with Crippen molar-refractivity contribution in [3.05, 3.63) is 71.3 Å². The van der Waals surface area contributed by atoms with Gasteiger partial charge in [-0.2, -0.15) is 5.26 Å². The summed E-state index contributed by atoms with van der Waals surface area (Å²) in [7, 11) is 0. The maximum atomic E-state index is 12.1. The summed E-state index contributed by atoms with van der Waals surface area (Å²) in [6.45, 7) is 0.668. The van der Waals surface area contributed by atoms with E-state index in [9.17, 15) is 9.90 Å². The quantitative estimate of drug-likeness (QED) is 0.826. The molecular weight excluding hydrogens is 288 g/mol. The minimum absolute atomic E-state index is 0.128. The first-order chi connectivity index (χ1) is 11.2. The molecule has 4 nitrogen and oxygen atoms in total. The number of aliphatic hydroxyl groups excluding tert-OH is 1. The highest BCUT2D eigenvalue weighted by atomic mass is 16.3. The average molecular weight is 308 g/mol. The van der Waals surface area contributed by atoms with Gasteiger partial charge in [-0.3, -0.25) is 4.79 Å². The molecule has 0 aliphatic carbocycles. The number of hydrogen-bond donors (Lipinski definition) is 2. The molecule has 2 N–H and O–H groups in total. The van der Waals surface area contributed by atoms with Gasteiger partial charge in [-0.05, 0) is 48.6 Å². The Balaban J connectivity index is 1.89. The summed E-state index contributed by atoms with van der Waals surface area (Å²) in [5, 5.41) is 20.9. The Morgan fingerprint density at radius 2 is 1.78 bits per heavy atom. The lowest BCUT2D eigenvalue weighted by molar-refractivity contribution is 0.0952. The number of benzene rings is 2. The van der Waals surface area contributed by atoms with Gasteiger partial charge in [-0.1, -0.05) is 30.3 Å². The summed E-state index contributed by atoms with van der Waals surface area (Å²) in [5.41, 5.74) is 2.25. The third kappa shape index (κ3) is 4.94. The first kappa shape index (κ1) is 16.7. The van der Waals surface area contributed by atoms with Gasteiger partial charge in [0.2, 0.25) is 0 Å². The monoisotopic (exact) mass is 308 g/mol. The summed E-state index contributed by atoms with van der Waals surface area (Å²) < 4.78 is 0. The largest absolute Gasteiger partial charge is 0.396 e. The summed E-state index contributed by atoms with van der Waals surface area (Å²) in [4.78, 5) is 12.1. The van der Waals surface area contributed by atoms with Crippen LogP contribution in [0.2, 0.25) is 0 Å². The zero-order valence-corrected chi connectivity index (χ0v) is 12.9. The molecule has 0 fully saturated rings. The fourth-order valence-electron chi connectivity index (χ4n) is 2.52. The molecule has 1 atom stereocenters. The van der Waals surface area contributed by atoms with Gasteiger partial charge < -0.3 is 10.4 Å². The van der Waals surface area contributed by atoms with Gasteiger partial charge in [0.15, 0.2) is 0 Å². The molecule has 1 amide bonds. The molecular formula is C19H20N2O2. The van der Waals surface area contributed by atoms with E-state index in [0.717, 1.165) is 6.42 Å². The van der Waals surface area contributed by atoms with Crippen LogP contribution in [0, 0.1) is 11.3 Å². The highest BCUT2D eigenvalue weighted by Gasteiger charge is 2.12. The first-order valence-electron chi connectivity index (χ1n) is 7.68. The van der Waals surface area contributed by atoms with E-state index >= 15 is 0 Å². The van der Waals surface area contributed by atoms with Crippen LogP contribution in [0.3, 0.4) is 0 Å². The molecule has 2 aromatic rings. The normalized spacial score (nSPS) is 11.5. The Morgan fingerprint density at radius 3 is 2.39 bits per heavy atom. The summed E-state index contributed by atoms with van der Waals surface area (Å²) in [6.07, 6.45) is 1.45. The van der Waals surface area contributed by atoms with Crippen molar-refractivity contribution < 1.29 is 9.90 Å². The van der Waals surface area contributed by atoms with E-state index in [4.69, 9.17) is 5.26 Å². The van der Waals surface area contributed by atoms with Gasteiger partial charge in [0.1, 0.15) is 0 Å². The fraction of sp³-hybridized carbons (Fsp3) is 0.263. The van der Waals surface area contributed by atoms with E-state index in [1.807, 2.05) is 36.4 Å². The Labute approximate surface area is 136 Å². The smallest absolute Gasteiger partial charge is 0.251 e. The Morgan fingerprint density at radius 1 is 1.09 bits per heavy atom. The molecule has 23 heavy (non-hydrogen) atoms. The SMILES string of the molecule is N#Cc1ccc(C(=O)NCC[C@@H](CCO)c2ccccc2)cc1. The molecule has 0 bridgehead atoms. The molecule has 0 saturated heterocycles. The van der Waals surface area contributed by atoms with Crippen molar-refractivity contribution in [1.29, 1.82) is 5.26 Å². The zero-order valence-electron chi connectivity index (χ0n) is 12.9. The lowest BCUT2D eigenvalue weighted by Crippen LogP contribution is -2.25. The van der Waals surface area contributed by atoms with E-state index in [1.54, 1.807) is 24.3 Å². The predicted molar refractivity (Wildman–Crippen MR) is 89.0 cm³/mol. The summed E-state index contributed by atoms with van der Waals surface area (Å²) >= 11 is 0. The number of rotatable bonds is 7. The number of nitrogens with zero attached hydrogens (tertiary/aromatic N) is 1. The lowest BCUT2D eigenvalue weighted by Gasteiger charge is -2.16. The average Bonchev–Trinajstić information content (AvgIpc) is 2.61. The number of nitriles is 1. The van der Waals surface area contributed by atoms with E-state index < -0.39 is 0 Å². The number of nitrogens with one attached hydrogen (secondary N) is 1. The van der Waals surface area contributed by atoms with Gasteiger partial charge >= 0.3 is 0 Å². The van der Waals surface area contributed by atoms with E-state index in [1.165, 1.54) is 5.56 Å². The maximum Gasteiger partial charge on any atom is 0.251 e. The number of aliphatic hydroxyl groups is 1. The molecule has 0 heterocycles. The lowest BCUT2D eigenvalue weighted by atomic mass is 9.93. The molecule has 0 aliphatic rings. The number of carbonyl (C=O) groups excluding carboxylic acids is 1. The molecule has 2 aromatic carbocycles. The van der Waals surface area contributed by atoms with Crippen molar-refractivity contribution in [2.24, 2.45) is 0 Å². The van der Waals surface area contributed by atoms with Crippen LogP contribution in [0.4, 0.5) is 0 Å². The number of carbonyl (C=O) groups is 1. The van der Waals surface area contributed by atoms with E-state index in [2.05, 4.69) is 5.32 Å². The number of amides is 1.